The zero-order valence-corrected chi connectivity index (χ0v) is 12.7. The fourth-order valence-corrected chi connectivity index (χ4v) is 2.30. The summed E-state index contributed by atoms with van der Waals surface area (Å²) in [5.74, 6) is 1.64. The van der Waals surface area contributed by atoms with Gasteiger partial charge in [-0.25, -0.2) is 9.97 Å². The van der Waals surface area contributed by atoms with Crippen molar-refractivity contribution in [2.24, 2.45) is 17.9 Å². The summed E-state index contributed by atoms with van der Waals surface area (Å²) in [5.41, 5.74) is 8.23. The zero-order valence-electron chi connectivity index (χ0n) is 12.7. The lowest BCUT2D eigenvalue weighted by atomic mass is 10.1. The van der Waals surface area contributed by atoms with Crippen LogP contribution in [0.4, 0.5) is 5.82 Å². The van der Waals surface area contributed by atoms with Crippen LogP contribution in [-0.4, -0.2) is 32.6 Å². The molecule has 0 amide bonds. The minimum atomic E-state index is 0.0571. The van der Waals surface area contributed by atoms with Gasteiger partial charge >= 0.3 is 0 Å². The number of imidazole rings is 1. The van der Waals surface area contributed by atoms with Crippen molar-refractivity contribution in [3.05, 3.63) is 41.1 Å². The van der Waals surface area contributed by atoms with Crippen LogP contribution in [0.3, 0.4) is 0 Å². The molecule has 0 bridgehead atoms. The van der Waals surface area contributed by atoms with Crippen LogP contribution in [0.1, 0.15) is 22.6 Å². The van der Waals surface area contributed by atoms with E-state index in [0.717, 1.165) is 17.1 Å². The van der Waals surface area contributed by atoms with Crippen molar-refractivity contribution in [1.29, 1.82) is 0 Å². The van der Waals surface area contributed by atoms with Gasteiger partial charge in [-0.05, 0) is 25.5 Å². The van der Waals surface area contributed by atoms with Crippen LogP contribution in [0.25, 0.3) is 0 Å². The van der Waals surface area contributed by atoms with E-state index in [1.54, 1.807) is 6.20 Å². The van der Waals surface area contributed by atoms with Crippen LogP contribution in [-0.2, 0) is 13.6 Å². The number of aryl methyl sites for hydroxylation is 3. The number of aromatic nitrogens is 3. The number of hydrogen-bond acceptors (Lipinski definition) is 5. The highest BCUT2D eigenvalue weighted by Gasteiger charge is 2.17. The first-order valence-electron chi connectivity index (χ1n) is 6.57. The van der Waals surface area contributed by atoms with Crippen molar-refractivity contribution >= 4 is 11.7 Å². The Morgan fingerprint density at radius 3 is 2.76 bits per heavy atom. The lowest BCUT2D eigenvalue weighted by molar-refractivity contribution is 0.318. The lowest BCUT2D eigenvalue weighted by Crippen LogP contribution is -2.26. The molecule has 2 heterocycles. The van der Waals surface area contributed by atoms with Gasteiger partial charge in [0.25, 0.3) is 0 Å². The molecule has 0 aliphatic rings. The standard InChI is InChI=1S/C14H20N6O/c1-9-7-10(2)17-14(12(9)13(15)18-21)20(4)8-11-16-5-6-19(11)3/h5-7,21H,8H2,1-4H3,(H2,15,18). The summed E-state index contributed by atoms with van der Waals surface area (Å²) in [5, 5.41) is 12.1. The molecular formula is C14H20N6O. The molecule has 2 aromatic heterocycles. The van der Waals surface area contributed by atoms with Crippen molar-refractivity contribution in [2.75, 3.05) is 11.9 Å². The maximum Gasteiger partial charge on any atom is 0.174 e. The van der Waals surface area contributed by atoms with Crippen molar-refractivity contribution in [2.45, 2.75) is 20.4 Å². The quantitative estimate of drug-likeness (QED) is 0.381. The van der Waals surface area contributed by atoms with Crippen molar-refractivity contribution < 1.29 is 5.21 Å². The van der Waals surface area contributed by atoms with Gasteiger partial charge < -0.3 is 20.4 Å². The molecule has 0 saturated heterocycles. The molecule has 3 N–H and O–H groups in total. The number of hydrogen-bond donors (Lipinski definition) is 2. The molecule has 0 unspecified atom stereocenters. The lowest BCUT2D eigenvalue weighted by Gasteiger charge is -2.22. The van der Waals surface area contributed by atoms with E-state index in [2.05, 4.69) is 15.1 Å². The van der Waals surface area contributed by atoms with Gasteiger partial charge in [-0.1, -0.05) is 5.16 Å². The summed E-state index contributed by atoms with van der Waals surface area (Å²) in [7, 11) is 3.85. The highest BCUT2D eigenvalue weighted by atomic mass is 16.4. The maximum absolute atomic E-state index is 8.99. The third-order valence-electron chi connectivity index (χ3n) is 3.35. The molecule has 2 aromatic rings. The zero-order chi connectivity index (χ0) is 15.6. The van der Waals surface area contributed by atoms with Gasteiger partial charge in [-0.15, -0.1) is 0 Å². The van der Waals surface area contributed by atoms with Crippen LogP contribution in [0.5, 0.6) is 0 Å². The van der Waals surface area contributed by atoms with Gasteiger partial charge in [-0.3, -0.25) is 0 Å². The minimum Gasteiger partial charge on any atom is -0.409 e. The molecular weight excluding hydrogens is 268 g/mol. The summed E-state index contributed by atoms with van der Waals surface area (Å²) in [4.78, 5) is 10.8. The molecule has 0 aliphatic heterocycles. The van der Waals surface area contributed by atoms with E-state index < -0.39 is 0 Å². The SMILES string of the molecule is Cc1cc(C)c(C(N)=NO)c(N(C)Cc2nccn2C)n1. The molecule has 0 aliphatic carbocycles. The van der Waals surface area contributed by atoms with Gasteiger partial charge in [0.1, 0.15) is 11.6 Å². The number of nitrogens with two attached hydrogens (primary N) is 1. The van der Waals surface area contributed by atoms with Gasteiger partial charge in [0.05, 0.1) is 12.1 Å². The molecule has 0 radical (unpaired) electrons. The van der Waals surface area contributed by atoms with E-state index >= 15 is 0 Å². The normalized spacial score (nSPS) is 11.7. The second-order valence-electron chi connectivity index (χ2n) is 5.07. The van der Waals surface area contributed by atoms with E-state index in [-0.39, 0.29) is 5.84 Å². The van der Waals surface area contributed by atoms with Crippen molar-refractivity contribution in [3.63, 3.8) is 0 Å². The fourth-order valence-electron chi connectivity index (χ4n) is 2.30. The molecule has 0 atom stereocenters. The highest BCUT2D eigenvalue weighted by Crippen LogP contribution is 2.22. The van der Waals surface area contributed by atoms with Crippen LogP contribution < -0.4 is 10.6 Å². The van der Waals surface area contributed by atoms with Crippen molar-refractivity contribution in [3.8, 4) is 0 Å². The third kappa shape index (κ3) is 2.96. The van der Waals surface area contributed by atoms with Gasteiger partial charge in [0.15, 0.2) is 5.84 Å². The molecule has 2 rings (SSSR count). The Kier molecular flexibility index (Phi) is 4.11. The maximum atomic E-state index is 8.99. The highest BCUT2D eigenvalue weighted by molar-refractivity contribution is 6.02. The Bertz CT molecular complexity index is 676. The fraction of sp³-hybridized carbons (Fsp3) is 0.357. The predicted octanol–water partition coefficient (Wildman–Crippen LogP) is 1.16. The molecule has 112 valence electrons. The summed E-state index contributed by atoms with van der Waals surface area (Å²) in [6, 6.07) is 1.91. The molecule has 0 spiro atoms. The van der Waals surface area contributed by atoms with Crippen molar-refractivity contribution in [1.82, 2.24) is 14.5 Å². The number of oxime groups is 1. The number of amidine groups is 1. The summed E-state index contributed by atoms with van der Waals surface area (Å²) >= 11 is 0. The number of pyridine rings is 1. The summed E-state index contributed by atoms with van der Waals surface area (Å²) < 4.78 is 1.95. The third-order valence-corrected chi connectivity index (χ3v) is 3.35. The topological polar surface area (TPSA) is 92.6 Å². The van der Waals surface area contributed by atoms with Crippen LogP contribution in [0.15, 0.2) is 23.6 Å². The number of rotatable bonds is 4. The van der Waals surface area contributed by atoms with E-state index in [1.807, 2.05) is 49.7 Å². The van der Waals surface area contributed by atoms with Crippen LogP contribution >= 0.6 is 0 Å². The van der Waals surface area contributed by atoms with E-state index in [4.69, 9.17) is 10.9 Å². The monoisotopic (exact) mass is 288 g/mol. The molecule has 21 heavy (non-hydrogen) atoms. The van der Waals surface area contributed by atoms with Crippen LogP contribution in [0, 0.1) is 13.8 Å². The summed E-state index contributed by atoms with van der Waals surface area (Å²) in [6.45, 7) is 4.41. The smallest absolute Gasteiger partial charge is 0.174 e. The number of nitrogens with zero attached hydrogens (tertiary/aromatic N) is 5. The average Bonchev–Trinajstić information content (AvgIpc) is 2.82. The van der Waals surface area contributed by atoms with E-state index in [1.165, 1.54) is 0 Å². The average molecular weight is 288 g/mol. The molecule has 7 nitrogen and oxygen atoms in total. The first kappa shape index (κ1) is 14.8. The second kappa shape index (κ2) is 5.82. The first-order valence-corrected chi connectivity index (χ1v) is 6.57. The van der Waals surface area contributed by atoms with Gasteiger partial charge in [0, 0.05) is 32.2 Å². The molecule has 0 saturated carbocycles. The minimum absolute atomic E-state index is 0.0571. The Morgan fingerprint density at radius 1 is 1.48 bits per heavy atom. The Labute approximate surface area is 123 Å². The van der Waals surface area contributed by atoms with Crippen LogP contribution in [0.2, 0.25) is 0 Å². The van der Waals surface area contributed by atoms with Gasteiger partial charge in [0.2, 0.25) is 0 Å². The Morgan fingerprint density at radius 2 is 2.19 bits per heavy atom. The predicted molar refractivity (Wildman–Crippen MR) is 81.5 cm³/mol. The molecule has 7 heteroatoms. The Balaban J connectivity index is 2.44. The van der Waals surface area contributed by atoms with E-state index in [9.17, 15) is 0 Å². The van der Waals surface area contributed by atoms with E-state index in [0.29, 0.717) is 17.9 Å². The largest absolute Gasteiger partial charge is 0.409 e. The Hall–Kier alpha value is -2.57. The van der Waals surface area contributed by atoms with Gasteiger partial charge in [-0.2, -0.15) is 0 Å². The molecule has 0 fully saturated rings. The molecule has 0 aromatic carbocycles. The summed E-state index contributed by atoms with van der Waals surface area (Å²) in [6.07, 6.45) is 3.64. The first-order chi connectivity index (χ1) is 9.93. The second-order valence-corrected chi connectivity index (χ2v) is 5.07. The number of anilines is 1.